The standard InChI is InChI=1S/C22H20ClFN2O4/c1-3-26(12-15-8-5-4-6-9-15)18(27)13-29-22(28)19-14(2)30-25-21(19)20-16(23)10-7-11-17(20)24/h4-11H,3,12-13H2,1-2H3. The minimum atomic E-state index is -0.841. The number of hydrogen-bond acceptors (Lipinski definition) is 5. The van der Waals surface area contributed by atoms with Gasteiger partial charge < -0.3 is 14.2 Å². The van der Waals surface area contributed by atoms with Crippen LogP contribution in [-0.2, 0) is 16.1 Å². The average Bonchev–Trinajstić information content (AvgIpc) is 3.11. The highest BCUT2D eigenvalue weighted by molar-refractivity contribution is 6.33. The molecule has 6 nitrogen and oxygen atoms in total. The van der Waals surface area contributed by atoms with Gasteiger partial charge in [0.05, 0.1) is 10.6 Å². The molecule has 0 fully saturated rings. The molecule has 1 heterocycles. The normalized spacial score (nSPS) is 10.7. The van der Waals surface area contributed by atoms with Crippen molar-refractivity contribution in [1.82, 2.24) is 10.1 Å². The van der Waals surface area contributed by atoms with Gasteiger partial charge in [-0.3, -0.25) is 4.79 Å². The first kappa shape index (κ1) is 21.5. The van der Waals surface area contributed by atoms with Gasteiger partial charge in [0.25, 0.3) is 5.91 Å². The Morgan fingerprint density at radius 1 is 1.17 bits per heavy atom. The number of esters is 1. The highest BCUT2D eigenvalue weighted by Gasteiger charge is 2.27. The number of ether oxygens (including phenoxy) is 1. The first-order chi connectivity index (χ1) is 14.4. The number of aryl methyl sites for hydroxylation is 1. The zero-order valence-corrected chi connectivity index (χ0v) is 17.3. The molecule has 1 aromatic heterocycles. The number of nitrogens with zero attached hydrogens (tertiary/aromatic N) is 2. The topological polar surface area (TPSA) is 72.6 Å². The lowest BCUT2D eigenvalue weighted by atomic mass is 10.1. The first-order valence-electron chi connectivity index (χ1n) is 9.31. The minimum absolute atomic E-state index is 0.0615. The van der Waals surface area contributed by atoms with E-state index < -0.39 is 18.4 Å². The number of benzene rings is 2. The Morgan fingerprint density at radius 2 is 1.90 bits per heavy atom. The number of halogens is 2. The van der Waals surface area contributed by atoms with Crippen molar-refractivity contribution >= 4 is 23.5 Å². The molecule has 1 amide bonds. The summed E-state index contributed by atoms with van der Waals surface area (Å²) in [4.78, 5) is 26.8. The minimum Gasteiger partial charge on any atom is -0.452 e. The molecular formula is C22H20ClFN2O4. The maximum Gasteiger partial charge on any atom is 0.344 e. The van der Waals surface area contributed by atoms with Crippen LogP contribution in [0.15, 0.2) is 53.1 Å². The number of rotatable bonds is 7. The fourth-order valence-corrected chi connectivity index (χ4v) is 3.23. The van der Waals surface area contributed by atoms with Crippen LogP contribution in [0.1, 0.15) is 28.6 Å². The zero-order chi connectivity index (χ0) is 21.7. The summed E-state index contributed by atoms with van der Waals surface area (Å²) < 4.78 is 24.5. The van der Waals surface area contributed by atoms with Gasteiger partial charge in [-0.15, -0.1) is 0 Å². The number of hydrogen-bond donors (Lipinski definition) is 0. The molecule has 2 aromatic carbocycles. The van der Waals surface area contributed by atoms with E-state index in [0.29, 0.717) is 13.1 Å². The predicted molar refractivity (Wildman–Crippen MR) is 109 cm³/mol. The molecule has 0 unspecified atom stereocenters. The number of likely N-dealkylation sites (N-methyl/N-ethyl adjacent to an activating group) is 1. The van der Waals surface area contributed by atoms with Crippen molar-refractivity contribution in [2.45, 2.75) is 20.4 Å². The van der Waals surface area contributed by atoms with Gasteiger partial charge in [0.2, 0.25) is 0 Å². The van der Waals surface area contributed by atoms with E-state index >= 15 is 0 Å². The van der Waals surface area contributed by atoms with Crippen molar-refractivity contribution in [1.29, 1.82) is 0 Å². The third kappa shape index (κ3) is 4.68. The van der Waals surface area contributed by atoms with Crippen LogP contribution >= 0.6 is 11.6 Å². The Kier molecular flexibility index (Phi) is 6.84. The number of carbonyl (C=O) groups is 2. The molecule has 0 N–H and O–H groups in total. The Labute approximate surface area is 178 Å². The van der Waals surface area contributed by atoms with Gasteiger partial charge in [-0.25, -0.2) is 9.18 Å². The quantitative estimate of drug-likeness (QED) is 0.510. The van der Waals surface area contributed by atoms with Crippen LogP contribution < -0.4 is 0 Å². The number of carbonyl (C=O) groups excluding carboxylic acids is 2. The zero-order valence-electron chi connectivity index (χ0n) is 16.5. The molecule has 0 aliphatic heterocycles. The van der Waals surface area contributed by atoms with Gasteiger partial charge in [0.1, 0.15) is 22.8 Å². The Morgan fingerprint density at radius 3 is 2.57 bits per heavy atom. The van der Waals surface area contributed by atoms with Gasteiger partial charge >= 0.3 is 5.97 Å². The molecule has 0 bridgehead atoms. The van der Waals surface area contributed by atoms with E-state index in [1.54, 1.807) is 4.90 Å². The smallest absolute Gasteiger partial charge is 0.344 e. The Bertz CT molecular complexity index is 1030. The van der Waals surface area contributed by atoms with Crippen molar-refractivity contribution in [3.8, 4) is 11.3 Å². The molecule has 0 aliphatic carbocycles. The van der Waals surface area contributed by atoms with Crippen LogP contribution in [0.3, 0.4) is 0 Å². The monoisotopic (exact) mass is 430 g/mol. The van der Waals surface area contributed by atoms with Crippen molar-refractivity contribution < 1.29 is 23.2 Å². The van der Waals surface area contributed by atoms with Crippen LogP contribution in [0, 0.1) is 12.7 Å². The molecule has 8 heteroatoms. The maximum atomic E-state index is 14.3. The summed E-state index contributed by atoms with van der Waals surface area (Å²) in [5.74, 6) is -1.71. The molecular weight excluding hydrogens is 411 g/mol. The fraction of sp³-hybridized carbons (Fsp3) is 0.227. The summed E-state index contributed by atoms with van der Waals surface area (Å²) in [6.45, 7) is 3.72. The van der Waals surface area contributed by atoms with E-state index in [1.165, 1.54) is 25.1 Å². The van der Waals surface area contributed by atoms with E-state index in [0.717, 1.165) is 5.56 Å². The van der Waals surface area contributed by atoms with Gasteiger partial charge in [-0.1, -0.05) is 53.2 Å². The third-order valence-corrected chi connectivity index (χ3v) is 4.86. The van der Waals surface area contributed by atoms with Gasteiger partial charge in [-0.05, 0) is 31.5 Å². The molecule has 3 rings (SSSR count). The second kappa shape index (κ2) is 9.54. The Balaban J connectivity index is 1.74. The van der Waals surface area contributed by atoms with E-state index in [1.807, 2.05) is 37.3 Å². The lowest BCUT2D eigenvalue weighted by molar-refractivity contribution is -0.134. The second-order valence-corrected chi connectivity index (χ2v) is 6.94. The summed E-state index contributed by atoms with van der Waals surface area (Å²) in [6, 6.07) is 13.6. The summed E-state index contributed by atoms with van der Waals surface area (Å²) in [5, 5.41) is 3.84. The average molecular weight is 431 g/mol. The van der Waals surface area contributed by atoms with Crippen LogP contribution in [0.2, 0.25) is 5.02 Å². The van der Waals surface area contributed by atoms with Gasteiger partial charge in [0, 0.05) is 13.1 Å². The molecule has 0 atom stereocenters. The summed E-state index contributed by atoms with van der Waals surface area (Å²) in [6.07, 6.45) is 0. The van der Waals surface area contributed by atoms with E-state index in [4.69, 9.17) is 20.9 Å². The van der Waals surface area contributed by atoms with Gasteiger partial charge in [0.15, 0.2) is 6.61 Å². The summed E-state index contributed by atoms with van der Waals surface area (Å²) >= 11 is 6.08. The summed E-state index contributed by atoms with van der Waals surface area (Å²) in [7, 11) is 0. The largest absolute Gasteiger partial charge is 0.452 e. The SMILES string of the molecule is CCN(Cc1ccccc1)C(=O)COC(=O)c1c(-c2c(F)cccc2Cl)noc1C. The van der Waals surface area contributed by atoms with Crippen LogP contribution in [-0.4, -0.2) is 35.1 Å². The molecule has 0 radical (unpaired) electrons. The molecule has 0 aliphatic rings. The predicted octanol–water partition coefficient (Wildman–Crippen LogP) is 4.65. The van der Waals surface area contributed by atoms with E-state index in [-0.39, 0.29) is 33.5 Å². The van der Waals surface area contributed by atoms with E-state index in [9.17, 15) is 14.0 Å². The molecule has 30 heavy (non-hydrogen) atoms. The highest BCUT2D eigenvalue weighted by atomic mass is 35.5. The third-order valence-electron chi connectivity index (χ3n) is 4.54. The lowest BCUT2D eigenvalue weighted by Gasteiger charge is -2.20. The molecule has 0 saturated heterocycles. The first-order valence-corrected chi connectivity index (χ1v) is 9.69. The highest BCUT2D eigenvalue weighted by Crippen LogP contribution is 2.33. The van der Waals surface area contributed by atoms with Crippen molar-refractivity contribution in [3.05, 3.63) is 76.3 Å². The van der Waals surface area contributed by atoms with Crippen LogP contribution in [0.4, 0.5) is 4.39 Å². The van der Waals surface area contributed by atoms with Crippen molar-refractivity contribution in [2.75, 3.05) is 13.2 Å². The Hall–Kier alpha value is -3.19. The van der Waals surface area contributed by atoms with Crippen LogP contribution in [0.5, 0.6) is 0 Å². The van der Waals surface area contributed by atoms with Crippen molar-refractivity contribution in [2.24, 2.45) is 0 Å². The maximum absolute atomic E-state index is 14.3. The second-order valence-electron chi connectivity index (χ2n) is 6.53. The van der Waals surface area contributed by atoms with E-state index in [2.05, 4.69) is 5.16 Å². The number of amides is 1. The lowest BCUT2D eigenvalue weighted by Crippen LogP contribution is -2.34. The number of aromatic nitrogens is 1. The molecule has 0 spiro atoms. The fourth-order valence-electron chi connectivity index (χ4n) is 2.98. The summed E-state index contributed by atoms with van der Waals surface area (Å²) in [5.41, 5.74) is 0.768. The molecule has 156 valence electrons. The van der Waals surface area contributed by atoms with Crippen molar-refractivity contribution in [3.63, 3.8) is 0 Å². The van der Waals surface area contributed by atoms with Crippen LogP contribution in [0.25, 0.3) is 11.3 Å². The van der Waals surface area contributed by atoms with Gasteiger partial charge in [-0.2, -0.15) is 0 Å². The molecule has 0 saturated carbocycles. The molecule has 3 aromatic rings.